The SMILES string of the molecule is CC1CN(CC(C)(O)C(=O)O)CCO1. The van der Waals surface area contributed by atoms with Gasteiger partial charge in [-0.1, -0.05) is 0 Å². The largest absolute Gasteiger partial charge is 0.479 e. The first-order valence-electron chi connectivity index (χ1n) is 4.71. The Morgan fingerprint density at radius 1 is 1.71 bits per heavy atom. The van der Waals surface area contributed by atoms with E-state index in [1.807, 2.05) is 11.8 Å². The van der Waals surface area contributed by atoms with Crippen molar-refractivity contribution in [1.82, 2.24) is 4.90 Å². The Morgan fingerprint density at radius 2 is 2.36 bits per heavy atom. The molecule has 82 valence electrons. The average Bonchev–Trinajstić information content (AvgIpc) is 2.02. The van der Waals surface area contributed by atoms with E-state index in [1.54, 1.807) is 0 Å². The molecule has 2 N–H and O–H groups in total. The normalized spacial score (nSPS) is 28.4. The fourth-order valence-corrected chi connectivity index (χ4v) is 1.54. The van der Waals surface area contributed by atoms with Crippen LogP contribution >= 0.6 is 0 Å². The summed E-state index contributed by atoms with van der Waals surface area (Å²) in [6.45, 7) is 5.33. The van der Waals surface area contributed by atoms with Gasteiger partial charge < -0.3 is 14.9 Å². The smallest absolute Gasteiger partial charge is 0.336 e. The van der Waals surface area contributed by atoms with E-state index >= 15 is 0 Å². The number of β-amino-alcohol motifs (C(OH)–C–C–N with tert-alkyl or cyclic N) is 1. The zero-order valence-corrected chi connectivity index (χ0v) is 8.56. The Labute approximate surface area is 83.3 Å². The molecule has 0 aromatic rings. The van der Waals surface area contributed by atoms with Crippen LogP contribution in [0.4, 0.5) is 0 Å². The van der Waals surface area contributed by atoms with Gasteiger partial charge in [-0.3, -0.25) is 4.90 Å². The summed E-state index contributed by atoms with van der Waals surface area (Å²) in [4.78, 5) is 12.6. The Hall–Kier alpha value is -0.650. The topological polar surface area (TPSA) is 70.0 Å². The summed E-state index contributed by atoms with van der Waals surface area (Å²) in [5.41, 5.74) is -1.67. The van der Waals surface area contributed by atoms with Crippen LogP contribution in [0.3, 0.4) is 0 Å². The van der Waals surface area contributed by atoms with Crippen molar-refractivity contribution in [3.8, 4) is 0 Å². The first-order valence-corrected chi connectivity index (χ1v) is 4.71. The lowest BCUT2D eigenvalue weighted by molar-refractivity contribution is -0.160. The predicted octanol–water partition coefficient (Wildman–Crippen LogP) is -0.457. The number of ether oxygens (including phenoxy) is 1. The van der Waals surface area contributed by atoms with Gasteiger partial charge in [0.25, 0.3) is 0 Å². The van der Waals surface area contributed by atoms with Crippen LogP contribution in [0.15, 0.2) is 0 Å². The third-order valence-corrected chi connectivity index (χ3v) is 2.32. The van der Waals surface area contributed by atoms with Gasteiger partial charge in [0, 0.05) is 19.6 Å². The van der Waals surface area contributed by atoms with Gasteiger partial charge in [-0.15, -0.1) is 0 Å². The van der Waals surface area contributed by atoms with Gasteiger partial charge in [0.05, 0.1) is 12.7 Å². The van der Waals surface area contributed by atoms with Crippen molar-refractivity contribution in [2.75, 3.05) is 26.2 Å². The lowest BCUT2D eigenvalue weighted by Crippen LogP contribution is -2.51. The summed E-state index contributed by atoms with van der Waals surface area (Å²) in [6.07, 6.45) is 0.105. The highest BCUT2D eigenvalue weighted by Gasteiger charge is 2.33. The first-order chi connectivity index (χ1) is 6.42. The number of aliphatic hydroxyl groups is 1. The summed E-state index contributed by atoms with van der Waals surface area (Å²) >= 11 is 0. The number of carboxylic acid groups (broad SMARTS) is 1. The molecule has 1 rings (SSSR count). The molecule has 5 heteroatoms. The highest BCUT2D eigenvalue weighted by molar-refractivity contribution is 5.76. The van der Waals surface area contributed by atoms with Crippen LogP contribution in [0.1, 0.15) is 13.8 Å². The number of hydrogen-bond acceptors (Lipinski definition) is 4. The lowest BCUT2D eigenvalue weighted by atomic mass is 10.1. The van der Waals surface area contributed by atoms with E-state index in [4.69, 9.17) is 9.84 Å². The van der Waals surface area contributed by atoms with Gasteiger partial charge >= 0.3 is 5.97 Å². The number of carbonyl (C=O) groups is 1. The molecule has 14 heavy (non-hydrogen) atoms. The zero-order chi connectivity index (χ0) is 10.8. The van der Waals surface area contributed by atoms with Crippen molar-refractivity contribution in [2.24, 2.45) is 0 Å². The van der Waals surface area contributed by atoms with E-state index in [0.717, 1.165) is 0 Å². The highest BCUT2D eigenvalue weighted by atomic mass is 16.5. The molecule has 0 saturated carbocycles. The summed E-state index contributed by atoms with van der Waals surface area (Å²) in [5, 5.41) is 18.3. The molecule has 0 aliphatic carbocycles. The number of aliphatic carboxylic acids is 1. The van der Waals surface area contributed by atoms with E-state index < -0.39 is 11.6 Å². The van der Waals surface area contributed by atoms with Crippen molar-refractivity contribution in [1.29, 1.82) is 0 Å². The molecule has 0 bridgehead atoms. The minimum atomic E-state index is -1.67. The van der Waals surface area contributed by atoms with Gasteiger partial charge in [0.15, 0.2) is 5.60 Å². The fourth-order valence-electron chi connectivity index (χ4n) is 1.54. The summed E-state index contributed by atoms with van der Waals surface area (Å²) in [7, 11) is 0. The molecule has 1 aliphatic heterocycles. The van der Waals surface area contributed by atoms with Gasteiger partial charge in [-0.2, -0.15) is 0 Å². The number of rotatable bonds is 3. The van der Waals surface area contributed by atoms with Crippen molar-refractivity contribution < 1.29 is 19.7 Å². The minimum absolute atomic E-state index is 0.105. The Kier molecular flexibility index (Phi) is 3.47. The third-order valence-electron chi connectivity index (χ3n) is 2.32. The molecule has 5 nitrogen and oxygen atoms in total. The second-order valence-electron chi connectivity index (χ2n) is 4.00. The third kappa shape index (κ3) is 2.94. The monoisotopic (exact) mass is 203 g/mol. The molecule has 0 spiro atoms. The van der Waals surface area contributed by atoms with Gasteiger partial charge in [-0.05, 0) is 13.8 Å². The molecule has 0 aromatic carbocycles. The molecular formula is C9H17NO4. The van der Waals surface area contributed by atoms with Crippen LogP contribution in [-0.4, -0.2) is 59.0 Å². The second-order valence-corrected chi connectivity index (χ2v) is 4.00. The van der Waals surface area contributed by atoms with E-state index in [1.165, 1.54) is 6.92 Å². The zero-order valence-electron chi connectivity index (χ0n) is 8.56. The maximum Gasteiger partial charge on any atom is 0.336 e. The molecule has 0 radical (unpaired) electrons. The van der Waals surface area contributed by atoms with Crippen molar-refractivity contribution in [3.63, 3.8) is 0 Å². The van der Waals surface area contributed by atoms with Crippen LogP contribution < -0.4 is 0 Å². The quantitative estimate of drug-likeness (QED) is 0.649. The Morgan fingerprint density at radius 3 is 2.86 bits per heavy atom. The summed E-state index contributed by atoms with van der Waals surface area (Å²) < 4.78 is 5.31. The lowest BCUT2D eigenvalue weighted by Gasteiger charge is -2.34. The highest BCUT2D eigenvalue weighted by Crippen LogP contribution is 2.11. The van der Waals surface area contributed by atoms with Crippen LogP contribution in [0.2, 0.25) is 0 Å². The van der Waals surface area contributed by atoms with E-state index in [0.29, 0.717) is 19.7 Å². The maximum absolute atomic E-state index is 10.7. The van der Waals surface area contributed by atoms with Gasteiger partial charge in [0.2, 0.25) is 0 Å². The maximum atomic E-state index is 10.7. The number of carboxylic acids is 1. The molecule has 2 unspecified atom stereocenters. The molecular weight excluding hydrogens is 186 g/mol. The molecule has 2 atom stereocenters. The number of morpholine rings is 1. The molecule has 0 amide bonds. The second kappa shape index (κ2) is 4.25. The standard InChI is InChI=1S/C9H17NO4/c1-7-5-10(3-4-14-7)6-9(2,13)8(11)12/h7,13H,3-6H2,1-2H3,(H,11,12). The van der Waals surface area contributed by atoms with Gasteiger partial charge in [-0.25, -0.2) is 4.79 Å². The predicted molar refractivity (Wildman–Crippen MR) is 50.1 cm³/mol. The summed E-state index contributed by atoms with van der Waals surface area (Å²) in [5.74, 6) is -1.18. The van der Waals surface area contributed by atoms with Gasteiger partial charge in [0.1, 0.15) is 0 Å². The van der Waals surface area contributed by atoms with Crippen LogP contribution in [-0.2, 0) is 9.53 Å². The molecule has 1 fully saturated rings. The van der Waals surface area contributed by atoms with Crippen molar-refractivity contribution >= 4 is 5.97 Å². The molecule has 1 heterocycles. The average molecular weight is 203 g/mol. The van der Waals surface area contributed by atoms with Crippen LogP contribution in [0.25, 0.3) is 0 Å². The first kappa shape index (κ1) is 11.4. The summed E-state index contributed by atoms with van der Waals surface area (Å²) in [6, 6.07) is 0. The fraction of sp³-hybridized carbons (Fsp3) is 0.889. The molecule has 1 aliphatic rings. The van der Waals surface area contributed by atoms with Crippen molar-refractivity contribution in [3.05, 3.63) is 0 Å². The minimum Gasteiger partial charge on any atom is -0.479 e. The van der Waals surface area contributed by atoms with Crippen molar-refractivity contribution in [2.45, 2.75) is 25.6 Å². The van der Waals surface area contributed by atoms with E-state index in [2.05, 4.69) is 0 Å². The van der Waals surface area contributed by atoms with E-state index in [-0.39, 0.29) is 12.6 Å². The van der Waals surface area contributed by atoms with Crippen LogP contribution in [0.5, 0.6) is 0 Å². The number of nitrogens with zero attached hydrogens (tertiary/aromatic N) is 1. The Bertz CT molecular complexity index is 217. The Balaban J connectivity index is 2.47. The molecule has 0 aromatic heterocycles. The van der Waals surface area contributed by atoms with E-state index in [9.17, 15) is 9.90 Å². The number of hydrogen-bond donors (Lipinski definition) is 2. The van der Waals surface area contributed by atoms with Crippen LogP contribution in [0, 0.1) is 0 Å². The molecule has 1 saturated heterocycles.